The molecule has 1 aromatic carbocycles. The van der Waals surface area contributed by atoms with E-state index in [2.05, 4.69) is 19.1 Å². The summed E-state index contributed by atoms with van der Waals surface area (Å²) in [6.45, 7) is 2.17. The Hall–Kier alpha value is -0.820. The summed E-state index contributed by atoms with van der Waals surface area (Å²) in [5.74, 6) is 0. The first-order valence-electron chi connectivity index (χ1n) is 5.40. The second-order valence-corrected chi connectivity index (χ2v) is 3.69. The summed E-state index contributed by atoms with van der Waals surface area (Å²) in [5.41, 5.74) is 1.20. The molecule has 0 aliphatic heterocycles. The Balaban J connectivity index is 2.23. The van der Waals surface area contributed by atoms with Gasteiger partial charge in [0.1, 0.15) is 0 Å². The number of unbranched alkanes of at least 4 members (excludes halogenated alkanes) is 2. The second kappa shape index (κ2) is 6.61. The standard InChI is InChI=1S/C13H19O/c1-2-3-5-10-13(14)11-12-8-6-4-7-9-12/h4,6-9,14H,2-3,5,10-11H2,1H3. The highest BCUT2D eigenvalue weighted by Gasteiger charge is 2.05. The van der Waals surface area contributed by atoms with E-state index in [-0.39, 0.29) is 0 Å². The molecule has 0 heterocycles. The molecule has 0 saturated carbocycles. The van der Waals surface area contributed by atoms with Crippen molar-refractivity contribution >= 4 is 0 Å². The van der Waals surface area contributed by atoms with E-state index < -0.39 is 0 Å². The van der Waals surface area contributed by atoms with Gasteiger partial charge in [0.05, 0.1) is 6.10 Å². The van der Waals surface area contributed by atoms with E-state index in [9.17, 15) is 5.11 Å². The highest BCUT2D eigenvalue weighted by molar-refractivity contribution is 5.17. The van der Waals surface area contributed by atoms with Gasteiger partial charge in [-0.3, -0.25) is 0 Å². The van der Waals surface area contributed by atoms with Crippen molar-refractivity contribution in [3.8, 4) is 0 Å². The molecule has 0 aliphatic carbocycles. The maximum Gasteiger partial charge on any atom is 0.0976 e. The van der Waals surface area contributed by atoms with Crippen molar-refractivity contribution in [1.82, 2.24) is 0 Å². The Kier molecular flexibility index (Phi) is 5.31. The number of hydrogen-bond acceptors (Lipinski definition) is 1. The molecule has 0 atom stereocenters. The Morgan fingerprint density at radius 3 is 2.50 bits per heavy atom. The summed E-state index contributed by atoms with van der Waals surface area (Å²) in [6, 6.07) is 10.1. The van der Waals surface area contributed by atoms with Crippen molar-refractivity contribution in [2.45, 2.75) is 39.0 Å². The number of benzene rings is 1. The van der Waals surface area contributed by atoms with E-state index in [1.54, 1.807) is 0 Å². The lowest BCUT2D eigenvalue weighted by Gasteiger charge is -2.08. The fourth-order valence-electron chi connectivity index (χ4n) is 1.50. The molecule has 1 nitrogen and oxygen atoms in total. The lowest BCUT2D eigenvalue weighted by atomic mass is 10.0. The van der Waals surface area contributed by atoms with Crippen LogP contribution < -0.4 is 0 Å². The van der Waals surface area contributed by atoms with Gasteiger partial charge in [0.15, 0.2) is 0 Å². The second-order valence-electron chi connectivity index (χ2n) is 3.69. The van der Waals surface area contributed by atoms with E-state index in [4.69, 9.17) is 0 Å². The van der Waals surface area contributed by atoms with Crippen molar-refractivity contribution in [3.63, 3.8) is 0 Å². The minimum atomic E-state index is 0.615. The van der Waals surface area contributed by atoms with Gasteiger partial charge in [0, 0.05) is 6.42 Å². The highest BCUT2D eigenvalue weighted by atomic mass is 16.3. The number of rotatable bonds is 6. The van der Waals surface area contributed by atoms with Gasteiger partial charge >= 0.3 is 0 Å². The molecule has 0 bridgehead atoms. The Morgan fingerprint density at radius 2 is 1.86 bits per heavy atom. The smallest absolute Gasteiger partial charge is 0.0976 e. The van der Waals surface area contributed by atoms with Gasteiger partial charge in [-0.05, 0) is 12.0 Å². The first-order chi connectivity index (χ1) is 6.83. The third-order valence-corrected chi connectivity index (χ3v) is 2.32. The van der Waals surface area contributed by atoms with Crippen molar-refractivity contribution in [2.24, 2.45) is 0 Å². The van der Waals surface area contributed by atoms with E-state index in [1.165, 1.54) is 18.4 Å². The van der Waals surface area contributed by atoms with Crippen molar-refractivity contribution in [2.75, 3.05) is 0 Å². The van der Waals surface area contributed by atoms with Gasteiger partial charge in [-0.1, -0.05) is 56.5 Å². The monoisotopic (exact) mass is 191 g/mol. The van der Waals surface area contributed by atoms with E-state index in [1.807, 2.05) is 18.2 Å². The third kappa shape index (κ3) is 4.43. The van der Waals surface area contributed by atoms with Crippen LogP contribution in [0.15, 0.2) is 30.3 Å². The van der Waals surface area contributed by atoms with Gasteiger partial charge in [-0.2, -0.15) is 0 Å². The Labute approximate surface area is 86.8 Å². The molecule has 1 rings (SSSR count). The van der Waals surface area contributed by atoms with Crippen LogP contribution in [-0.2, 0) is 6.42 Å². The first-order valence-corrected chi connectivity index (χ1v) is 5.40. The van der Waals surface area contributed by atoms with Crippen LogP contribution in [0.2, 0.25) is 0 Å². The lowest BCUT2D eigenvalue weighted by molar-refractivity contribution is 0.273. The lowest BCUT2D eigenvalue weighted by Crippen LogP contribution is -2.00. The molecule has 1 aromatic rings. The largest absolute Gasteiger partial charge is 0.387 e. The summed E-state index contributed by atoms with van der Waals surface area (Å²) in [7, 11) is 0. The van der Waals surface area contributed by atoms with Crippen LogP contribution in [0.3, 0.4) is 0 Å². The van der Waals surface area contributed by atoms with Crippen molar-refractivity contribution in [3.05, 3.63) is 42.0 Å². The molecule has 0 unspecified atom stereocenters. The van der Waals surface area contributed by atoms with Crippen LogP contribution in [0, 0.1) is 6.10 Å². The normalized spacial score (nSPS) is 10.8. The van der Waals surface area contributed by atoms with Crippen molar-refractivity contribution in [1.29, 1.82) is 0 Å². The fraction of sp³-hybridized carbons (Fsp3) is 0.462. The maximum atomic E-state index is 9.65. The zero-order valence-corrected chi connectivity index (χ0v) is 8.87. The van der Waals surface area contributed by atoms with Crippen LogP contribution in [0.25, 0.3) is 0 Å². The van der Waals surface area contributed by atoms with E-state index in [0.717, 1.165) is 12.8 Å². The van der Waals surface area contributed by atoms with Gasteiger partial charge in [0.2, 0.25) is 0 Å². The predicted molar refractivity (Wildman–Crippen MR) is 59.5 cm³/mol. The predicted octanol–water partition coefficient (Wildman–Crippen LogP) is 3.71. The quantitative estimate of drug-likeness (QED) is 0.679. The summed E-state index contributed by atoms with van der Waals surface area (Å²) < 4.78 is 0. The van der Waals surface area contributed by atoms with Gasteiger partial charge in [0.25, 0.3) is 0 Å². The average Bonchev–Trinajstić information content (AvgIpc) is 2.20. The minimum absolute atomic E-state index is 0.615. The van der Waals surface area contributed by atoms with Crippen molar-refractivity contribution < 1.29 is 5.11 Å². The third-order valence-electron chi connectivity index (χ3n) is 2.32. The topological polar surface area (TPSA) is 20.2 Å². The Bertz CT molecular complexity index is 230. The highest BCUT2D eigenvalue weighted by Crippen LogP contribution is 2.14. The van der Waals surface area contributed by atoms with Gasteiger partial charge in [-0.25, -0.2) is 0 Å². The van der Waals surface area contributed by atoms with Gasteiger partial charge in [-0.15, -0.1) is 0 Å². The molecular formula is C13H19O. The molecule has 0 aliphatic rings. The van der Waals surface area contributed by atoms with Crippen LogP contribution >= 0.6 is 0 Å². The number of aliphatic hydroxyl groups is 1. The summed E-state index contributed by atoms with van der Waals surface area (Å²) in [4.78, 5) is 0. The van der Waals surface area contributed by atoms with E-state index >= 15 is 0 Å². The van der Waals surface area contributed by atoms with Crippen LogP contribution in [0.4, 0.5) is 0 Å². The first kappa shape index (κ1) is 11.3. The van der Waals surface area contributed by atoms with Crippen LogP contribution in [0.1, 0.15) is 38.2 Å². The zero-order chi connectivity index (χ0) is 10.2. The summed E-state index contributed by atoms with van der Waals surface area (Å²) in [6.07, 6.45) is 5.70. The molecular weight excluding hydrogens is 172 g/mol. The molecule has 0 spiro atoms. The molecule has 0 amide bonds. The average molecular weight is 191 g/mol. The van der Waals surface area contributed by atoms with Gasteiger partial charge < -0.3 is 5.11 Å². The molecule has 77 valence electrons. The summed E-state index contributed by atoms with van der Waals surface area (Å²) in [5, 5.41) is 9.65. The zero-order valence-electron chi connectivity index (χ0n) is 8.87. The summed E-state index contributed by atoms with van der Waals surface area (Å²) >= 11 is 0. The molecule has 0 saturated heterocycles. The minimum Gasteiger partial charge on any atom is -0.387 e. The molecule has 0 aromatic heterocycles. The Morgan fingerprint density at radius 1 is 1.14 bits per heavy atom. The maximum absolute atomic E-state index is 9.65. The fourth-order valence-corrected chi connectivity index (χ4v) is 1.50. The molecule has 1 radical (unpaired) electrons. The SMILES string of the molecule is CCCCC[C](O)Cc1ccccc1. The molecule has 1 heteroatoms. The van der Waals surface area contributed by atoms with Crippen LogP contribution in [0.5, 0.6) is 0 Å². The van der Waals surface area contributed by atoms with Crippen LogP contribution in [-0.4, -0.2) is 5.11 Å². The molecule has 1 N–H and O–H groups in total. The van der Waals surface area contributed by atoms with E-state index in [0.29, 0.717) is 12.5 Å². The molecule has 14 heavy (non-hydrogen) atoms. The number of aliphatic hydroxyl groups excluding tert-OH is 1. The number of hydrogen-bond donors (Lipinski definition) is 1. The molecule has 0 fully saturated rings.